The van der Waals surface area contributed by atoms with Crippen LogP contribution in [0.3, 0.4) is 0 Å². The summed E-state index contributed by atoms with van der Waals surface area (Å²) >= 11 is 0. The molecule has 0 fully saturated rings. The first-order chi connectivity index (χ1) is 10.7. The number of hydrogen-bond acceptors (Lipinski definition) is 2. The van der Waals surface area contributed by atoms with Crippen LogP contribution >= 0.6 is 0 Å². The fourth-order valence-corrected chi connectivity index (χ4v) is 2.87. The molecule has 1 aromatic heterocycles. The molecule has 120 valence electrons. The average molecular weight is 301 g/mol. The maximum atomic E-state index is 12.1. The van der Waals surface area contributed by atoms with E-state index in [-0.39, 0.29) is 5.91 Å². The lowest BCUT2D eigenvalue weighted by Gasteiger charge is -2.17. The fraction of sp³-hybridized carbons (Fsp3) is 0.500. The molecule has 0 radical (unpaired) electrons. The van der Waals surface area contributed by atoms with E-state index in [0.29, 0.717) is 6.42 Å². The standard InChI is InChI=1S/C18H27N3O/c1-4-21(5-2)12-8-11-19-18(22)13-15-14-20(3)17-10-7-6-9-16(15)17/h6-7,9-10,14H,4-5,8,11-13H2,1-3H3,(H,19,22). The van der Waals surface area contributed by atoms with Gasteiger partial charge in [0.2, 0.25) is 5.91 Å². The third kappa shape index (κ3) is 4.10. The number of aromatic nitrogens is 1. The van der Waals surface area contributed by atoms with Crippen LogP contribution in [0.2, 0.25) is 0 Å². The Balaban J connectivity index is 1.84. The molecule has 1 aromatic carbocycles. The minimum absolute atomic E-state index is 0.107. The van der Waals surface area contributed by atoms with Gasteiger partial charge in [-0.1, -0.05) is 32.0 Å². The summed E-state index contributed by atoms with van der Waals surface area (Å²) in [7, 11) is 2.02. The van der Waals surface area contributed by atoms with Crippen molar-refractivity contribution in [2.24, 2.45) is 7.05 Å². The minimum Gasteiger partial charge on any atom is -0.356 e. The lowest BCUT2D eigenvalue weighted by atomic mass is 10.1. The third-order valence-electron chi connectivity index (χ3n) is 4.20. The zero-order valence-corrected chi connectivity index (χ0v) is 13.9. The summed E-state index contributed by atoms with van der Waals surface area (Å²) in [6.45, 7) is 8.27. The van der Waals surface area contributed by atoms with Crippen LogP contribution in [0, 0.1) is 0 Å². The largest absolute Gasteiger partial charge is 0.356 e. The van der Waals surface area contributed by atoms with Crippen LogP contribution in [-0.4, -0.2) is 41.6 Å². The monoisotopic (exact) mass is 301 g/mol. The van der Waals surface area contributed by atoms with E-state index in [9.17, 15) is 4.79 Å². The summed E-state index contributed by atoms with van der Waals surface area (Å²) in [6, 6.07) is 8.21. The van der Waals surface area contributed by atoms with Crippen LogP contribution in [0.15, 0.2) is 30.5 Å². The number of rotatable bonds is 8. The topological polar surface area (TPSA) is 37.3 Å². The van der Waals surface area contributed by atoms with Crippen molar-refractivity contribution in [2.45, 2.75) is 26.7 Å². The van der Waals surface area contributed by atoms with E-state index in [1.54, 1.807) is 0 Å². The first-order valence-electron chi connectivity index (χ1n) is 8.17. The number of carbonyl (C=O) groups is 1. The molecule has 4 heteroatoms. The van der Waals surface area contributed by atoms with Crippen LogP contribution in [0.5, 0.6) is 0 Å². The number of nitrogens with one attached hydrogen (secondary N) is 1. The highest BCUT2D eigenvalue weighted by Gasteiger charge is 2.10. The highest BCUT2D eigenvalue weighted by molar-refractivity contribution is 5.89. The van der Waals surface area contributed by atoms with Gasteiger partial charge in [0.15, 0.2) is 0 Å². The normalized spacial score (nSPS) is 11.3. The second-order valence-electron chi connectivity index (χ2n) is 5.69. The first kappa shape index (κ1) is 16.6. The Kier molecular flexibility index (Phi) is 6.01. The van der Waals surface area contributed by atoms with E-state index in [2.05, 4.69) is 47.0 Å². The Bertz CT molecular complexity index is 614. The summed E-state index contributed by atoms with van der Waals surface area (Å²) in [5.41, 5.74) is 2.27. The van der Waals surface area contributed by atoms with Crippen LogP contribution in [0.4, 0.5) is 0 Å². The smallest absolute Gasteiger partial charge is 0.224 e. The van der Waals surface area contributed by atoms with Crippen molar-refractivity contribution in [2.75, 3.05) is 26.2 Å². The molecule has 2 rings (SSSR count). The molecule has 0 bridgehead atoms. The van der Waals surface area contributed by atoms with E-state index >= 15 is 0 Å². The molecule has 2 aromatic rings. The van der Waals surface area contributed by atoms with Crippen LogP contribution in [0.1, 0.15) is 25.8 Å². The molecule has 0 saturated heterocycles. The summed E-state index contributed by atoms with van der Waals surface area (Å²) in [4.78, 5) is 14.5. The molecule has 0 unspecified atom stereocenters. The van der Waals surface area contributed by atoms with Crippen molar-refractivity contribution in [1.82, 2.24) is 14.8 Å². The molecule has 4 nitrogen and oxygen atoms in total. The molecule has 0 saturated carbocycles. The lowest BCUT2D eigenvalue weighted by Crippen LogP contribution is -2.30. The predicted octanol–water partition coefficient (Wildman–Crippen LogP) is 2.57. The molecule has 1 N–H and O–H groups in total. The summed E-state index contributed by atoms with van der Waals surface area (Å²) in [6.07, 6.45) is 3.51. The Morgan fingerprint density at radius 3 is 2.68 bits per heavy atom. The third-order valence-corrected chi connectivity index (χ3v) is 4.20. The number of amides is 1. The van der Waals surface area contributed by atoms with Gasteiger partial charge in [0.25, 0.3) is 0 Å². The number of carbonyl (C=O) groups excluding carboxylic acids is 1. The van der Waals surface area contributed by atoms with Gasteiger partial charge in [-0.3, -0.25) is 4.79 Å². The van der Waals surface area contributed by atoms with Gasteiger partial charge in [0.1, 0.15) is 0 Å². The predicted molar refractivity (Wildman–Crippen MR) is 92.0 cm³/mol. The molecule has 0 atom stereocenters. The van der Waals surface area contributed by atoms with E-state index in [1.165, 1.54) is 10.9 Å². The van der Waals surface area contributed by atoms with Crippen LogP contribution in [-0.2, 0) is 18.3 Å². The maximum absolute atomic E-state index is 12.1. The zero-order valence-electron chi connectivity index (χ0n) is 13.9. The van der Waals surface area contributed by atoms with Crippen molar-refractivity contribution >= 4 is 16.8 Å². The van der Waals surface area contributed by atoms with Crippen molar-refractivity contribution in [3.05, 3.63) is 36.0 Å². The average Bonchev–Trinajstić information content (AvgIpc) is 2.84. The molecular weight excluding hydrogens is 274 g/mol. The van der Waals surface area contributed by atoms with E-state index in [0.717, 1.165) is 38.2 Å². The van der Waals surface area contributed by atoms with Crippen LogP contribution < -0.4 is 5.32 Å². The van der Waals surface area contributed by atoms with E-state index in [1.807, 2.05) is 19.2 Å². The SMILES string of the molecule is CCN(CC)CCCNC(=O)Cc1cn(C)c2ccccc12. The molecule has 0 aliphatic carbocycles. The van der Waals surface area contributed by atoms with Gasteiger partial charge in [0, 0.05) is 30.7 Å². The summed E-state index contributed by atoms with van der Waals surface area (Å²) in [5, 5.41) is 4.20. The molecule has 0 aliphatic heterocycles. The Morgan fingerprint density at radius 1 is 1.23 bits per heavy atom. The van der Waals surface area contributed by atoms with Gasteiger partial charge in [-0.25, -0.2) is 0 Å². The minimum atomic E-state index is 0.107. The van der Waals surface area contributed by atoms with Crippen LogP contribution in [0.25, 0.3) is 10.9 Å². The second kappa shape index (κ2) is 7.99. The van der Waals surface area contributed by atoms with E-state index in [4.69, 9.17) is 0 Å². The van der Waals surface area contributed by atoms with Gasteiger partial charge >= 0.3 is 0 Å². The summed E-state index contributed by atoms with van der Waals surface area (Å²) in [5.74, 6) is 0.107. The fourth-order valence-electron chi connectivity index (χ4n) is 2.87. The van der Waals surface area contributed by atoms with Gasteiger partial charge in [-0.2, -0.15) is 0 Å². The second-order valence-corrected chi connectivity index (χ2v) is 5.69. The number of benzene rings is 1. The number of fused-ring (bicyclic) bond motifs is 1. The maximum Gasteiger partial charge on any atom is 0.224 e. The highest BCUT2D eigenvalue weighted by Crippen LogP contribution is 2.20. The van der Waals surface area contributed by atoms with Gasteiger partial charge in [-0.05, 0) is 37.7 Å². The molecule has 0 aliphatic rings. The molecule has 22 heavy (non-hydrogen) atoms. The van der Waals surface area contributed by atoms with Gasteiger partial charge in [-0.15, -0.1) is 0 Å². The summed E-state index contributed by atoms with van der Waals surface area (Å²) < 4.78 is 2.08. The van der Waals surface area contributed by atoms with Gasteiger partial charge < -0.3 is 14.8 Å². The highest BCUT2D eigenvalue weighted by atomic mass is 16.1. The first-order valence-corrected chi connectivity index (χ1v) is 8.17. The molecule has 0 spiro atoms. The molecule has 1 heterocycles. The van der Waals surface area contributed by atoms with Crippen molar-refractivity contribution in [1.29, 1.82) is 0 Å². The lowest BCUT2D eigenvalue weighted by molar-refractivity contribution is -0.120. The van der Waals surface area contributed by atoms with Gasteiger partial charge in [0.05, 0.1) is 6.42 Å². The number of aryl methyl sites for hydroxylation is 1. The van der Waals surface area contributed by atoms with Crippen molar-refractivity contribution in [3.8, 4) is 0 Å². The van der Waals surface area contributed by atoms with E-state index < -0.39 is 0 Å². The molecular formula is C18H27N3O. The Hall–Kier alpha value is -1.81. The number of hydrogen-bond donors (Lipinski definition) is 1. The number of nitrogens with zero attached hydrogens (tertiary/aromatic N) is 2. The Morgan fingerprint density at radius 2 is 1.95 bits per heavy atom. The zero-order chi connectivity index (χ0) is 15.9. The van der Waals surface area contributed by atoms with Crippen molar-refractivity contribution in [3.63, 3.8) is 0 Å². The molecule has 1 amide bonds. The number of para-hydroxylation sites is 1. The van der Waals surface area contributed by atoms with Crippen molar-refractivity contribution < 1.29 is 4.79 Å². The quantitative estimate of drug-likeness (QED) is 0.761. The Labute approximate surface area is 133 Å².